The zero-order valence-electron chi connectivity index (χ0n) is 15.9. The van der Waals surface area contributed by atoms with E-state index in [1.165, 1.54) is 0 Å². The van der Waals surface area contributed by atoms with E-state index in [1.807, 2.05) is 12.2 Å². The van der Waals surface area contributed by atoms with Crippen molar-refractivity contribution >= 4 is 0 Å². The van der Waals surface area contributed by atoms with Gasteiger partial charge in [-0.3, -0.25) is 0 Å². The summed E-state index contributed by atoms with van der Waals surface area (Å²) in [4.78, 5) is 0. The van der Waals surface area contributed by atoms with E-state index in [0.717, 1.165) is 35.1 Å². The van der Waals surface area contributed by atoms with Gasteiger partial charge in [0.25, 0.3) is 0 Å². The van der Waals surface area contributed by atoms with E-state index in [9.17, 15) is 10.2 Å². The molecule has 1 saturated carbocycles. The van der Waals surface area contributed by atoms with Gasteiger partial charge in [0.05, 0.1) is 18.3 Å². The number of fused-ring (bicyclic) bond motifs is 4. The number of allylic oxidation sites excluding steroid dienone is 7. The first-order chi connectivity index (χ1) is 12.2. The number of aliphatic hydroxyl groups excluding tert-OH is 1. The third-order valence-electron chi connectivity index (χ3n) is 7.10. The van der Waals surface area contributed by atoms with Crippen LogP contribution in [-0.4, -0.2) is 41.3 Å². The summed E-state index contributed by atoms with van der Waals surface area (Å²) in [6.45, 7) is 4.17. The molecule has 0 aromatic heterocycles. The normalized spacial score (nSPS) is 42.6. The standard InChI is InChI=1S/C22H29FO3/c1-14(24)17-6-7-18-16-5-4-15-12-21(25,13-26-3)10-11-22(15,23)19(16)8-9-20(17,18)2/h6-9,14-15,24-25H,4-5,10-13H2,1-3H3/t14?,15-,20-,21-,22-/m1/s1. The number of aliphatic hydroxyl groups is 2. The Kier molecular flexibility index (Phi) is 4.11. The fraction of sp³-hybridized carbons (Fsp3) is 0.636. The zero-order chi connectivity index (χ0) is 18.7. The molecular formula is C22H29FO3. The Bertz CT molecular complexity index is 746. The van der Waals surface area contributed by atoms with Crippen molar-refractivity contribution in [1.82, 2.24) is 0 Å². The molecule has 4 aliphatic rings. The number of hydrogen-bond donors (Lipinski definition) is 2. The maximum absolute atomic E-state index is 16.2. The number of methoxy groups -OCH3 is 1. The van der Waals surface area contributed by atoms with E-state index in [-0.39, 0.29) is 17.9 Å². The molecule has 0 heterocycles. The van der Waals surface area contributed by atoms with Crippen molar-refractivity contribution in [3.63, 3.8) is 0 Å². The fourth-order valence-electron chi connectivity index (χ4n) is 5.75. The van der Waals surface area contributed by atoms with Crippen molar-refractivity contribution in [2.24, 2.45) is 11.3 Å². The third-order valence-corrected chi connectivity index (χ3v) is 7.10. The van der Waals surface area contributed by atoms with Gasteiger partial charge in [0.2, 0.25) is 0 Å². The highest BCUT2D eigenvalue weighted by molar-refractivity contribution is 5.62. The van der Waals surface area contributed by atoms with Gasteiger partial charge in [-0.25, -0.2) is 4.39 Å². The molecule has 3 nitrogen and oxygen atoms in total. The largest absolute Gasteiger partial charge is 0.389 e. The van der Waals surface area contributed by atoms with Crippen molar-refractivity contribution in [2.75, 3.05) is 13.7 Å². The van der Waals surface area contributed by atoms with Crippen LogP contribution in [0.2, 0.25) is 0 Å². The summed E-state index contributed by atoms with van der Waals surface area (Å²) in [5, 5.41) is 20.9. The lowest BCUT2D eigenvalue weighted by molar-refractivity contribution is -0.106. The Morgan fingerprint density at radius 2 is 2.12 bits per heavy atom. The lowest BCUT2D eigenvalue weighted by Crippen LogP contribution is -2.52. The van der Waals surface area contributed by atoms with Gasteiger partial charge >= 0.3 is 0 Å². The summed E-state index contributed by atoms with van der Waals surface area (Å²) >= 11 is 0. The minimum atomic E-state index is -1.38. The quantitative estimate of drug-likeness (QED) is 0.805. The topological polar surface area (TPSA) is 49.7 Å². The molecule has 4 aliphatic carbocycles. The molecule has 0 bridgehead atoms. The highest BCUT2D eigenvalue weighted by Gasteiger charge is 2.55. The molecule has 1 unspecified atom stereocenters. The van der Waals surface area contributed by atoms with Gasteiger partial charge in [-0.05, 0) is 68.2 Å². The average Bonchev–Trinajstić information content (AvgIpc) is 2.93. The highest BCUT2D eigenvalue weighted by Crippen LogP contribution is 2.59. The molecule has 0 aromatic carbocycles. The molecule has 0 spiro atoms. The molecule has 5 atom stereocenters. The van der Waals surface area contributed by atoms with Crippen molar-refractivity contribution < 1.29 is 19.3 Å². The van der Waals surface area contributed by atoms with E-state index in [1.54, 1.807) is 14.0 Å². The van der Waals surface area contributed by atoms with Gasteiger partial charge < -0.3 is 14.9 Å². The molecule has 4 rings (SSSR count). The lowest BCUT2D eigenvalue weighted by Gasteiger charge is -2.50. The number of alkyl halides is 1. The van der Waals surface area contributed by atoms with Crippen molar-refractivity contribution in [1.29, 1.82) is 0 Å². The van der Waals surface area contributed by atoms with Crippen molar-refractivity contribution in [3.05, 3.63) is 46.6 Å². The number of ether oxygens (including phenoxy) is 1. The summed E-state index contributed by atoms with van der Waals surface area (Å²) in [7, 11) is 1.58. The minimum absolute atomic E-state index is 0.171. The SMILES string of the molecule is COC[C@@]1(O)CC[C@]2(F)C3=C(CC[C@@H]2C1)C1=CC=C(C(C)O)[C@@]1(C)C=C3. The Morgan fingerprint density at radius 3 is 2.81 bits per heavy atom. The van der Waals surface area contributed by atoms with E-state index < -0.39 is 17.4 Å². The van der Waals surface area contributed by atoms with Gasteiger partial charge in [-0.15, -0.1) is 0 Å². The Hall–Kier alpha value is -1.23. The first kappa shape index (κ1) is 18.1. The maximum atomic E-state index is 16.2. The van der Waals surface area contributed by atoms with Crippen LogP contribution in [0.15, 0.2) is 46.6 Å². The molecule has 0 amide bonds. The van der Waals surface area contributed by atoms with Crippen LogP contribution in [0.5, 0.6) is 0 Å². The van der Waals surface area contributed by atoms with Gasteiger partial charge in [0.15, 0.2) is 0 Å². The average molecular weight is 360 g/mol. The molecule has 0 aliphatic heterocycles. The molecule has 0 aromatic rings. The monoisotopic (exact) mass is 360 g/mol. The van der Waals surface area contributed by atoms with Crippen LogP contribution >= 0.6 is 0 Å². The summed E-state index contributed by atoms with van der Waals surface area (Å²) in [6, 6.07) is 0. The van der Waals surface area contributed by atoms with E-state index in [2.05, 4.69) is 19.1 Å². The molecular weight excluding hydrogens is 331 g/mol. The fourth-order valence-corrected chi connectivity index (χ4v) is 5.75. The minimum Gasteiger partial charge on any atom is -0.389 e. The van der Waals surface area contributed by atoms with Gasteiger partial charge in [-0.1, -0.05) is 24.3 Å². The predicted molar refractivity (Wildman–Crippen MR) is 99.4 cm³/mol. The van der Waals surface area contributed by atoms with Crippen LogP contribution in [0, 0.1) is 11.3 Å². The molecule has 26 heavy (non-hydrogen) atoms. The second-order valence-corrected chi connectivity index (χ2v) is 8.77. The predicted octanol–water partition coefficient (Wildman–Crippen LogP) is 3.79. The second kappa shape index (κ2) is 5.88. The van der Waals surface area contributed by atoms with Gasteiger partial charge in [0.1, 0.15) is 5.67 Å². The van der Waals surface area contributed by atoms with Gasteiger partial charge in [-0.2, -0.15) is 0 Å². The summed E-state index contributed by atoms with van der Waals surface area (Å²) in [6.07, 6.45) is 10.3. The van der Waals surface area contributed by atoms with Crippen LogP contribution in [0.1, 0.15) is 46.0 Å². The maximum Gasteiger partial charge on any atom is 0.139 e. The summed E-state index contributed by atoms with van der Waals surface area (Å²) in [5.74, 6) is -0.171. The van der Waals surface area contributed by atoms with Crippen LogP contribution < -0.4 is 0 Å². The number of halogens is 1. The number of rotatable bonds is 3. The van der Waals surface area contributed by atoms with Crippen molar-refractivity contribution in [3.8, 4) is 0 Å². The summed E-state index contributed by atoms with van der Waals surface area (Å²) in [5.41, 5.74) is 1.41. The summed E-state index contributed by atoms with van der Waals surface area (Å²) < 4.78 is 21.4. The van der Waals surface area contributed by atoms with Crippen LogP contribution in [0.4, 0.5) is 4.39 Å². The highest BCUT2D eigenvalue weighted by atomic mass is 19.1. The van der Waals surface area contributed by atoms with E-state index in [0.29, 0.717) is 19.3 Å². The Balaban J connectivity index is 1.68. The Morgan fingerprint density at radius 1 is 1.35 bits per heavy atom. The molecule has 0 saturated heterocycles. The zero-order valence-corrected chi connectivity index (χ0v) is 15.9. The third kappa shape index (κ3) is 2.42. The van der Waals surface area contributed by atoms with E-state index in [4.69, 9.17) is 4.74 Å². The molecule has 4 heteroatoms. The molecule has 2 N–H and O–H groups in total. The smallest absolute Gasteiger partial charge is 0.139 e. The van der Waals surface area contributed by atoms with Crippen LogP contribution in [-0.2, 0) is 4.74 Å². The molecule has 142 valence electrons. The second-order valence-electron chi connectivity index (χ2n) is 8.77. The van der Waals surface area contributed by atoms with Crippen LogP contribution in [0.3, 0.4) is 0 Å². The van der Waals surface area contributed by atoms with Crippen LogP contribution in [0.25, 0.3) is 0 Å². The molecule has 0 radical (unpaired) electrons. The van der Waals surface area contributed by atoms with Gasteiger partial charge in [0, 0.05) is 18.4 Å². The first-order valence-corrected chi connectivity index (χ1v) is 9.68. The molecule has 1 fully saturated rings. The Labute approximate surface area is 154 Å². The van der Waals surface area contributed by atoms with Crippen molar-refractivity contribution in [2.45, 2.75) is 63.3 Å². The first-order valence-electron chi connectivity index (χ1n) is 9.68. The lowest BCUT2D eigenvalue weighted by atomic mass is 9.58. The number of hydrogen-bond acceptors (Lipinski definition) is 3. The van der Waals surface area contributed by atoms with E-state index >= 15 is 4.39 Å².